The van der Waals surface area contributed by atoms with E-state index >= 15 is 0 Å². The predicted molar refractivity (Wildman–Crippen MR) is 222 cm³/mol. The Bertz CT molecular complexity index is 2910. The van der Waals surface area contributed by atoms with Gasteiger partial charge in [-0.2, -0.15) is 0 Å². The van der Waals surface area contributed by atoms with Crippen molar-refractivity contribution in [1.82, 2.24) is 14.1 Å². The van der Waals surface area contributed by atoms with Crippen molar-refractivity contribution in [2.24, 2.45) is 5.73 Å². The number of nitrogens with one attached hydrogen (secondary N) is 1. The summed E-state index contributed by atoms with van der Waals surface area (Å²) in [5, 5.41) is 13.3. The van der Waals surface area contributed by atoms with E-state index < -0.39 is 0 Å². The molecular formula is C48H39N5. The molecule has 6 aromatic carbocycles. The van der Waals surface area contributed by atoms with Gasteiger partial charge in [-0.25, -0.2) is 0 Å². The maximum Gasteiger partial charge on any atom is 0.131 e. The van der Waals surface area contributed by atoms with Crippen molar-refractivity contribution in [2.75, 3.05) is 0 Å². The van der Waals surface area contributed by atoms with Gasteiger partial charge in [-0.15, -0.1) is 0 Å². The third-order valence-electron chi connectivity index (χ3n) is 10.8. The number of pyridine rings is 1. The summed E-state index contributed by atoms with van der Waals surface area (Å²) in [5.41, 5.74) is 19.5. The molecule has 0 fully saturated rings. The average molecular weight is 686 g/mol. The maximum absolute atomic E-state index is 8.65. The van der Waals surface area contributed by atoms with Gasteiger partial charge in [0.2, 0.25) is 0 Å². The Morgan fingerprint density at radius 1 is 0.623 bits per heavy atom. The van der Waals surface area contributed by atoms with Crippen LogP contribution in [-0.4, -0.2) is 20.0 Å². The van der Waals surface area contributed by atoms with Gasteiger partial charge in [0.1, 0.15) is 5.84 Å². The van der Waals surface area contributed by atoms with Crippen LogP contribution in [0.2, 0.25) is 0 Å². The lowest BCUT2D eigenvalue weighted by molar-refractivity contribution is 0.659. The van der Waals surface area contributed by atoms with E-state index in [0.717, 1.165) is 44.3 Å². The molecule has 0 atom stereocenters. The van der Waals surface area contributed by atoms with Crippen LogP contribution in [0, 0.1) is 12.3 Å². The molecule has 0 radical (unpaired) electrons. The second-order valence-electron chi connectivity index (χ2n) is 14.3. The van der Waals surface area contributed by atoms with E-state index in [1.54, 1.807) is 6.08 Å². The van der Waals surface area contributed by atoms with E-state index in [0.29, 0.717) is 5.84 Å². The highest BCUT2D eigenvalue weighted by molar-refractivity contribution is 6.17. The molecule has 0 aliphatic heterocycles. The van der Waals surface area contributed by atoms with Gasteiger partial charge in [-0.05, 0) is 96.1 Å². The number of hydrogen-bond donors (Lipinski definition) is 2. The van der Waals surface area contributed by atoms with Crippen molar-refractivity contribution in [1.29, 1.82) is 5.41 Å². The van der Waals surface area contributed by atoms with Crippen LogP contribution < -0.4 is 5.73 Å². The highest BCUT2D eigenvalue weighted by Crippen LogP contribution is 2.48. The van der Waals surface area contributed by atoms with Crippen LogP contribution in [0.25, 0.3) is 71.7 Å². The van der Waals surface area contributed by atoms with Gasteiger partial charge in [-0.1, -0.05) is 110 Å². The van der Waals surface area contributed by atoms with Crippen LogP contribution in [0.1, 0.15) is 30.5 Å². The van der Waals surface area contributed by atoms with Crippen molar-refractivity contribution >= 4 is 49.4 Å². The topological polar surface area (TPSA) is 72.6 Å². The van der Waals surface area contributed by atoms with Crippen molar-refractivity contribution in [3.8, 4) is 28.1 Å². The molecule has 0 saturated carbocycles. The molecule has 0 unspecified atom stereocenters. The van der Waals surface area contributed by atoms with Gasteiger partial charge in [0.25, 0.3) is 0 Å². The second-order valence-corrected chi connectivity index (χ2v) is 14.3. The minimum Gasteiger partial charge on any atom is -0.404 e. The summed E-state index contributed by atoms with van der Waals surface area (Å²) in [5.74, 6) is 0.338. The summed E-state index contributed by atoms with van der Waals surface area (Å²) in [4.78, 5) is 4.82. The lowest BCUT2D eigenvalue weighted by atomic mass is 9.83. The molecule has 0 bridgehead atoms. The van der Waals surface area contributed by atoms with Crippen LogP contribution in [0.15, 0.2) is 164 Å². The number of nitrogens with two attached hydrogens (primary N) is 1. The van der Waals surface area contributed by atoms with Crippen LogP contribution in [0.3, 0.4) is 0 Å². The summed E-state index contributed by atoms with van der Waals surface area (Å²) >= 11 is 0. The quantitative estimate of drug-likeness (QED) is 0.143. The number of para-hydroxylation sites is 2. The fraction of sp³-hybridized carbons (Fsp3) is 0.0833. The standard InChI is InChI=1S/C41H31N5.C7H8/c1-41(2)33-16-15-27(24-32(33)40-34(41)10-7-21-44-40)45-35-11-5-3-8-28(35)30-22-25(13-17-37(30)45)26-14-18-38-31(23-26)29-9-4-6-12-36(29)46(38)39(43)19-20-42;1-7-5-3-2-4-6-7/h3-24,43H,42H2,1-2H3;2-6H,1H3/b20-19-,43-39?;. The van der Waals surface area contributed by atoms with E-state index in [4.69, 9.17) is 16.1 Å². The first-order valence-corrected chi connectivity index (χ1v) is 18.0. The fourth-order valence-corrected chi connectivity index (χ4v) is 8.22. The molecule has 1 aliphatic carbocycles. The highest BCUT2D eigenvalue weighted by Gasteiger charge is 2.36. The summed E-state index contributed by atoms with van der Waals surface area (Å²) < 4.78 is 4.34. The molecule has 1 aliphatic rings. The molecule has 9 aromatic rings. The lowest BCUT2D eigenvalue weighted by Crippen LogP contribution is -2.15. The van der Waals surface area contributed by atoms with Crippen molar-refractivity contribution < 1.29 is 0 Å². The van der Waals surface area contributed by atoms with E-state index in [1.807, 2.05) is 41.1 Å². The van der Waals surface area contributed by atoms with Crippen molar-refractivity contribution in [2.45, 2.75) is 26.2 Å². The molecule has 3 heterocycles. The van der Waals surface area contributed by atoms with Crippen molar-refractivity contribution in [3.05, 3.63) is 181 Å². The Labute approximate surface area is 308 Å². The van der Waals surface area contributed by atoms with Crippen LogP contribution >= 0.6 is 0 Å². The molecule has 256 valence electrons. The normalized spacial score (nSPS) is 13.0. The second kappa shape index (κ2) is 12.5. The Balaban J connectivity index is 0.000000480. The third-order valence-corrected chi connectivity index (χ3v) is 10.8. The Morgan fingerprint density at radius 2 is 1.23 bits per heavy atom. The Kier molecular flexibility index (Phi) is 7.59. The number of allylic oxidation sites excluding steroid dienone is 1. The van der Waals surface area contributed by atoms with Gasteiger partial charge >= 0.3 is 0 Å². The van der Waals surface area contributed by atoms with Crippen LogP contribution in [0.5, 0.6) is 0 Å². The first kappa shape index (κ1) is 32.2. The Morgan fingerprint density at radius 3 is 1.92 bits per heavy atom. The molecule has 10 rings (SSSR count). The fourth-order valence-electron chi connectivity index (χ4n) is 8.22. The van der Waals surface area contributed by atoms with Crippen LogP contribution in [0.4, 0.5) is 0 Å². The Hall–Kier alpha value is -6.72. The van der Waals surface area contributed by atoms with Gasteiger partial charge in [0, 0.05) is 44.4 Å². The van der Waals surface area contributed by atoms with Crippen LogP contribution in [-0.2, 0) is 5.41 Å². The number of aromatic nitrogens is 3. The smallest absolute Gasteiger partial charge is 0.131 e. The van der Waals surface area contributed by atoms with E-state index in [2.05, 4.69) is 141 Å². The molecule has 0 amide bonds. The van der Waals surface area contributed by atoms with E-state index in [-0.39, 0.29) is 5.41 Å². The zero-order valence-corrected chi connectivity index (χ0v) is 30.0. The third kappa shape index (κ3) is 5.15. The zero-order valence-electron chi connectivity index (χ0n) is 30.0. The maximum atomic E-state index is 8.65. The highest BCUT2D eigenvalue weighted by atomic mass is 15.0. The summed E-state index contributed by atoms with van der Waals surface area (Å²) in [7, 11) is 0. The number of benzene rings is 6. The first-order chi connectivity index (χ1) is 25.8. The number of nitrogens with zero attached hydrogens (tertiary/aromatic N) is 3. The molecular weight excluding hydrogens is 647 g/mol. The SMILES string of the molecule is CC1(C)c2ccc(-n3c4ccccc4c4cc(-c5ccc6c(c5)c5ccccc5n6C(=N)/C=C\N)ccc43)cc2-c2ncccc21.Cc1ccccc1. The molecule has 3 N–H and O–H groups in total. The monoisotopic (exact) mass is 685 g/mol. The number of aryl methyl sites for hydroxylation is 1. The minimum atomic E-state index is -0.0814. The first-order valence-electron chi connectivity index (χ1n) is 18.0. The van der Waals surface area contributed by atoms with Gasteiger partial charge in [-0.3, -0.25) is 15.0 Å². The molecule has 53 heavy (non-hydrogen) atoms. The number of fused-ring (bicyclic) bond motifs is 9. The molecule has 5 nitrogen and oxygen atoms in total. The summed E-state index contributed by atoms with van der Waals surface area (Å²) in [6.07, 6.45) is 4.94. The molecule has 0 spiro atoms. The number of rotatable bonds is 3. The van der Waals surface area contributed by atoms with E-state index in [9.17, 15) is 0 Å². The minimum absolute atomic E-state index is 0.0814. The molecule has 3 aromatic heterocycles. The molecule has 0 saturated heterocycles. The largest absolute Gasteiger partial charge is 0.404 e. The van der Waals surface area contributed by atoms with E-state index in [1.165, 1.54) is 50.3 Å². The summed E-state index contributed by atoms with van der Waals surface area (Å²) in [6.45, 7) is 6.66. The van der Waals surface area contributed by atoms with Gasteiger partial charge < -0.3 is 10.3 Å². The summed E-state index contributed by atoms with van der Waals surface area (Å²) in [6, 6.07) is 51.6. The predicted octanol–water partition coefficient (Wildman–Crippen LogP) is 11.6. The molecule has 5 heteroatoms. The van der Waals surface area contributed by atoms with Crippen molar-refractivity contribution in [3.63, 3.8) is 0 Å². The van der Waals surface area contributed by atoms with Gasteiger partial charge in [0.15, 0.2) is 0 Å². The zero-order chi connectivity index (χ0) is 36.3. The average Bonchev–Trinajstić information content (AvgIpc) is 3.78. The van der Waals surface area contributed by atoms with Gasteiger partial charge in [0.05, 0.1) is 27.8 Å². The number of hydrogen-bond acceptors (Lipinski definition) is 3. The lowest BCUT2D eigenvalue weighted by Gasteiger charge is -2.21.